The zero-order chi connectivity index (χ0) is 18.5. The van der Waals surface area contributed by atoms with E-state index in [1.807, 2.05) is 0 Å². The Bertz CT molecular complexity index is 761. The molecule has 1 aromatic heterocycles. The highest BCUT2D eigenvalue weighted by atomic mass is 35.5. The molecule has 8 heteroatoms. The van der Waals surface area contributed by atoms with Crippen LogP contribution in [0.4, 0.5) is 14.9 Å². The topological polar surface area (TPSA) is 71.3 Å². The molecule has 0 unspecified atom stereocenters. The molecule has 0 spiro atoms. The fraction of sp³-hybridized carbons (Fsp3) is 0.500. The van der Waals surface area contributed by atoms with Gasteiger partial charge in [0.15, 0.2) is 5.82 Å². The third kappa shape index (κ3) is 4.72. The fourth-order valence-corrected chi connectivity index (χ4v) is 3.23. The summed E-state index contributed by atoms with van der Waals surface area (Å²) in [5.74, 6) is 1.17. The van der Waals surface area contributed by atoms with E-state index in [9.17, 15) is 9.18 Å². The Morgan fingerprint density at radius 2 is 2.15 bits per heavy atom. The molecular weight excluding hydrogens is 359 g/mol. The summed E-state index contributed by atoms with van der Waals surface area (Å²) in [6.07, 6.45) is 6.40. The average molecular weight is 381 g/mol. The van der Waals surface area contributed by atoms with E-state index >= 15 is 0 Å². The lowest BCUT2D eigenvalue weighted by molar-refractivity contribution is 0.222. The van der Waals surface area contributed by atoms with Gasteiger partial charge in [0.05, 0.1) is 5.02 Å². The number of likely N-dealkylation sites (N-methyl/N-ethyl adjacent to an activating group) is 1. The molecule has 1 fully saturated rings. The first-order valence-electron chi connectivity index (χ1n) is 8.82. The van der Waals surface area contributed by atoms with Crippen LogP contribution in [-0.2, 0) is 6.42 Å². The van der Waals surface area contributed by atoms with Gasteiger partial charge in [-0.05, 0) is 31.0 Å². The van der Waals surface area contributed by atoms with Crippen LogP contribution in [0.25, 0.3) is 0 Å². The van der Waals surface area contributed by atoms with Crippen molar-refractivity contribution in [1.82, 2.24) is 15.0 Å². The minimum atomic E-state index is -0.524. The first-order valence-corrected chi connectivity index (χ1v) is 9.20. The largest absolute Gasteiger partial charge is 0.339 e. The molecule has 1 aliphatic carbocycles. The van der Waals surface area contributed by atoms with Crippen LogP contribution in [0.1, 0.15) is 49.7 Å². The highest BCUT2D eigenvalue weighted by Crippen LogP contribution is 2.31. The Morgan fingerprint density at radius 1 is 1.38 bits per heavy atom. The molecular formula is C18H22ClFN4O2. The molecule has 3 rings (SSSR count). The Morgan fingerprint density at radius 3 is 2.88 bits per heavy atom. The molecule has 140 valence electrons. The van der Waals surface area contributed by atoms with Crippen LogP contribution in [0, 0.1) is 5.82 Å². The maximum Gasteiger partial charge on any atom is 0.321 e. The number of nitrogens with zero attached hydrogens (tertiary/aromatic N) is 3. The van der Waals surface area contributed by atoms with Gasteiger partial charge in [0, 0.05) is 31.6 Å². The number of nitrogens with one attached hydrogen (secondary N) is 1. The van der Waals surface area contributed by atoms with Crippen molar-refractivity contribution in [1.29, 1.82) is 0 Å². The second-order valence-electron chi connectivity index (χ2n) is 6.61. The van der Waals surface area contributed by atoms with Crippen LogP contribution < -0.4 is 5.32 Å². The molecule has 1 heterocycles. The Kier molecular flexibility index (Phi) is 6.08. The van der Waals surface area contributed by atoms with Crippen LogP contribution in [-0.4, -0.2) is 34.7 Å². The third-order valence-corrected chi connectivity index (χ3v) is 4.92. The number of hydrogen-bond acceptors (Lipinski definition) is 4. The second kappa shape index (κ2) is 8.49. The summed E-state index contributed by atoms with van der Waals surface area (Å²) < 4.78 is 18.5. The van der Waals surface area contributed by atoms with E-state index in [0.717, 1.165) is 12.8 Å². The van der Waals surface area contributed by atoms with Gasteiger partial charge in [-0.1, -0.05) is 36.0 Å². The zero-order valence-electron chi connectivity index (χ0n) is 14.7. The third-order valence-electron chi connectivity index (χ3n) is 4.63. The van der Waals surface area contributed by atoms with Gasteiger partial charge >= 0.3 is 6.03 Å². The maximum absolute atomic E-state index is 13.2. The summed E-state index contributed by atoms with van der Waals surface area (Å²) in [4.78, 5) is 18.2. The molecule has 1 aliphatic rings. The number of halogens is 2. The summed E-state index contributed by atoms with van der Waals surface area (Å²) in [5, 5.41) is 6.66. The van der Waals surface area contributed by atoms with Crippen LogP contribution in [0.5, 0.6) is 0 Å². The smallest absolute Gasteiger partial charge is 0.321 e. The molecule has 2 amide bonds. The lowest BCUT2D eigenvalue weighted by Gasteiger charge is -2.17. The molecule has 6 nitrogen and oxygen atoms in total. The number of aromatic nitrogens is 2. The minimum Gasteiger partial charge on any atom is -0.339 e. The van der Waals surface area contributed by atoms with E-state index in [1.54, 1.807) is 7.05 Å². The molecule has 0 aliphatic heterocycles. The van der Waals surface area contributed by atoms with Gasteiger partial charge in [0.2, 0.25) is 5.89 Å². The molecule has 1 N–H and O–H groups in total. The van der Waals surface area contributed by atoms with Crippen molar-refractivity contribution in [2.45, 2.75) is 44.4 Å². The summed E-state index contributed by atoms with van der Waals surface area (Å²) in [6.45, 7) is 0.435. The standard InChI is InChI=1S/C18H22ClFN4O2/c1-24(18(25)21-13-7-8-15(20)14(19)11-13)10-9-16-22-17(26-23-16)12-5-3-2-4-6-12/h7-8,11-12H,2-6,9-10H2,1H3,(H,21,25). The average Bonchev–Trinajstić information content (AvgIpc) is 3.12. The van der Waals surface area contributed by atoms with Gasteiger partial charge in [-0.25, -0.2) is 9.18 Å². The van der Waals surface area contributed by atoms with E-state index in [4.69, 9.17) is 16.1 Å². The van der Waals surface area contributed by atoms with Crippen molar-refractivity contribution in [3.05, 3.63) is 40.8 Å². The van der Waals surface area contributed by atoms with Gasteiger partial charge in [0.25, 0.3) is 0 Å². The number of urea groups is 1. The van der Waals surface area contributed by atoms with Crippen molar-refractivity contribution in [3.8, 4) is 0 Å². The molecule has 0 atom stereocenters. The number of amides is 2. The summed E-state index contributed by atoms with van der Waals surface area (Å²) in [5.41, 5.74) is 0.437. The van der Waals surface area contributed by atoms with Crippen molar-refractivity contribution < 1.29 is 13.7 Å². The number of hydrogen-bond donors (Lipinski definition) is 1. The number of carbonyl (C=O) groups is 1. The SMILES string of the molecule is CN(CCc1noc(C2CCCCC2)n1)C(=O)Nc1ccc(F)c(Cl)c1. The number of carbonyl (C=O) groups excluding carboxylic acids is 1. The van der Waals surface area contributed by atoms with Crippen LogP contribution >= 0.6 is 11.6 Å². The van der Waals surface area contributed by atoms with Gasteiger partial charge in [0.1, 0.15) is 5.82 Å². The first kappa shape index (κ1) is 18.6. The van der Waals surface area contributed by atoms with Crippen molar-refractivity contribution in [3.63, 3.8) is 0 Å². The number of benzene rings is 1. The Labute approximate surface area is 156 Å². The lowest BCUT2D eigenvalue weighted by Crippen LogP contribution is -2.33. The van der Waals surface area contributed by atoms with Gasteiger partial charge in [-0.2, -0.15) is 4.98 Å². The molecule has 2 aromatic rings. The molecule has 26 heavy (non-hydrogen) atoms. The molecule has 0 bridgehead atoms. The highest BCUT2D eigenvalue weighted by molar-refractivity contribution is 6.31. The van der Waals surface area contributed by atoms with Gasteiger partial charge in [-0.3, -0.25) is 0 Å². The molecule has 0 saturated heterocycles. The molecule has 0 radical (unpaired) electrons. The van der Waals surface area contributed by atoms with Crippen LogP contribution in [0.2, 0.25) is 5.02 Å². The monoisotopic (exact) mass is 380 g/mol. The predicted molar refractivity (Wildman–Crippen MR) is 96.9 cm³/mol. The van der Waals surface area contributed by atoms with E-state index < -0.39 is 5.82 Å². The van der Waals surface area contributed by atoms with Gasteiger partial charge < -0.3 is 14.7 Å². The minimum absolute atomic E-state index is 0.0347. The van der Waals surface area contributed by atoms with Crippen molar-refractivity contribution >= 4 is 23.3 Å². The summed E-state index contributed by atoms with van der Waals surface area (Å²) in [7, 11) is 1.67. The van der Waals surface area contributed by atoms with Crippen LogP contribution in [0.15, 0.2) is 22.7 Å². The van der Waals surface area contributed by atoms with Crippen molar-refractivity contribution in [2.75, 3.05) is 18.9 Å². The molecule has 1 saturated carbocycles. The zero-order valence-corrected chi connectivity index (χ0v) is 15.4. The fourth-order valence-electron chi connectivity index (χ4n) is 3.05. The number of rotatable bonds is 5. The molecule has 1 aromatic carbocycles. The summed E-state index contributed by atoms with van der Waals surface area (Å²) >= 11 is 5.72. The van der Waals surface area contributed by atoms with E-state index in [0.29, 0.717) is 36.3 Å². The highest BCUT2D eigenvalue weighted by Gasteiger charge is 2.21. The number of anilines is 1. The Hall–Kier alpha value is -2.15. The summed E-state index contributed by atoms with van der Waals surface area (Å²) in [6, 6.07) is 3.73. The Balaban J connectivity index is 1.50. The van der Waals surface area contributed by atoms with Crippen molar-refractivity contribution in [2.24, 2.45) is 0 Å². The van der Waals surface area contributed by atoms with E-state index in [1.165, 1.54) is 42.4 Å². The first-order chi connectivity index (χ1) is 12.5. The van der Waals surface area contributed by atoms with E-state index in [2.05, 4.69) is 15.5 Å². The van der Waals surface area contributed by atoms with Gasteiger partial charge in [-0.15, -0.1) is 0 Å². The lowest BCUT2D eigenvalue weighted by atomic mass is 9.89. The predicted octanol–water partition coefficient (Wildman–Crippen LogP) is 4.62. The van der Waals surface area contributed by atoms with E-state index in [-0.39, 0.29) is 11.1 Å². The maximum atomic E-state index is 13.2. The quantitative estimate of drug-likeness (QED) is 0.821. The van der Waals surface area contributed by atoms with Crippen LogP contribution in [0.3, 0.4) is 0 Å². The second-order valence-corrected chi connectivity index (χ2v) is 7.02. The normalized spacial score (nSPS) is 15.0.